The van der Waals surface area contributed by atoms with Crippen LogP contribution < -0.4 is 21.3 Å². The van der Waals surface area contributed by atoms with Gasteiger partial charge in [-0.15, -0.1) is 12.4 Å². The number of carbonyl (C=O) groups excluding carboxylic acids is 3. The molecule has 0 aromatic heterocycles. The number of halogens is 1. The van der Waals surface area contributed by atoms with Crippen LogP contribution >= 0.6 is 12.4 Å². The van der Waals surface area contributed by atoms with E-state index in [2.05, 4.69) is 10.6 Å². The van der Waals surface area contributed by atoms with E-state index in [1.54, 1.807) is 4.90 Å². The Morgan fingerprint density at radius 1 is 1.24 bits per heavy atom. The summed E-state index contributed by atoms with van der Waals surface area (Å²) < 4.78 is 0. The Bertz CT molecular complexity index is 636. The molecule has 8 heteroatoms. The van der Waals surface area contributed by atoms with Gasteiger partial charge in [0.25, 0.3) is 0 Å². The summed E-state index contributed by atoms with van der Waals surface area (Å²) in [5.74, 6) is -0.612. The van der Waals surface area contributed by atoms with E-state index in [0.29, 0.717) is 19.5 Å². The predicted octanol–water partition coefficient (Wildman–Crippen LogP) is 0.213. The highest BCUT2D eigenvalue weighted by Crippen LogP contribution is 2.27. The van der Waals surface area contributed by atoms with Crippen LogP contribution in [-0.2, 0) is 20.8 Å². The van der Waals surface area contributed by atoms with Gasteiger partial charge in [-0.2, -0.15) is 0 Å². The highest BCUT2D eigenvalue weighted by molar-refractivity contribution is 6.01. The second-order valence-corrected chi connectivity index (χ2v) is 6.19. The summed E-state index contributed by atoms with van der Waals surface area (Å²) in [4.78, 5) is 37.1. The van der Waals surface area contributed by atoms with Gasteiger partial charge in [0.05, 0.1) is 19.0 Å². The predicted molar refractivity (Wildman–Crippen MR) is 98.6 cm³/mol. The number of nitrogens with two attached hydrogens (primary N) is 1. The molecular weight excluding hydrogens is 344 g/mol. The van der Waals surface area contributed by atoms with E-state index in [4.69, 9.17) is 5.73 Å². The van der Waals surface area contributed by atoms with Crippen molar-refractivity contribution in [2.24, 2.45) is 11.7 Å². The Balaban J connectivity index is 0.00000312. The molecule has 1 aromatic carbocycles. The Labute approximate surface area is 153 Å². The molecule has 1 aliphatic heterocycles. The number of amides is 3. The number of nitrogens with one attached hydrogen (secondary N) is 2. The molecular formula is C17H25ClN4O3. The first-order valence-electron chi connectivity index (χ1n) is 8.08. The number of benzene rings is 1. The maximum absolute atomic E-state index is 12.0. The topological polar surface area (TPSA) is 105 Å². The van der Waals surface area contributed by atoms with Gasteiger partial charge in [-0.3, -0.25) is 14.4 Å². The Morgan fingerprint density at radius 2 is 1.92 bits per heavy atom. The van der Waals surface area contributed by atoms with Crippen LogP contribution in [0.4, 0.5) is 5.69 Å². The van der Waals surface area contributed by atoms with Crippen LogP contribution in [0.15, 0.2) is 24.3 Å². The zero-order valence-corrected chi connectivity index (χ0v) is 15.3. The van der Waals surface area contributed by atoms with Crippen molar-refractivity contribution in [1.29, 1.82) is 0 Å². The lowest BCUT2D eigenvalue weighted by atomic mass is 10.1. The molecule has 7 nitrogen and oxygen atoms in total. The fourth-order valence-electron chi connectivity index (χ4n) is 2.52. The van der Waals surface area contributed by atoms with E-state index in [1.165, 1.54) is 0 Å². The normalized spacial score (nSPS) is 13.9. The third-order valence-corrected chi connectivity index (χ3v) is 4.03. The minimum absolute atomic E-state index is 0. The summed E-state index contributed by atoms with van der Waals surface area (Å²) in [5, 5.41) is 5.21. The highest BCUT2D eigenvalue weighted by Gasteiger charge is 2.26. The first-order chi connectivity index (χ1) is 11.4. The zero-order chi connectivity index (χ0) is 17.7. The van der Waals surface area contributed by atoms with Gasteiger partial charge in [-0.25, -0.2) is 0 Å². The minimum Gasteiger partial charge on any atom is -0.353 e. The van der Waals surface area contributed by atoms with Crippen molar-refractivity contribution >= 4 is 35.8 Å². The fourth-order valence-corrected chi connectivity index (χ4v) is 2.52. The van der Waals surface area contributed by atoms with Crippen LogP contribution in [0.25, 0.3) is 0 Å². The summed E-state index contributed by atoms with van der Waals surface area (Å²) in [6.45, 7) is 4.29. The van der Waals surface area contributed by atoms with E-state index in [9.17, 15) is 14.4 Å². The molecule has 2 rings (SSSR count). The van der Waals surface area contributed by atoms with E-state index in [1.807, 2.05) is 38.1 Å². The first-order valence-corrected chi connectivity index (χ1v) is 8.08. The van der Waals surface area contributed by atoms with Gasteiger partial charge in [0.15, 0.2) is 0 Å². The molecule has 0 bridgehead atoms. The molecule has 1 aliphatic rings. The molecule has 1 aromatic rings. The number of rotatable bonds is 7. The Kier molecular flexibility index (Phi) is 7.86. The summed E-state index contributed by atoms with van der Waals surface area (Å²) in [7, 11) is 0. The average molecular weight is 369 g/mol. The van der Waals surface area contributed by atoms with Crippen molar-refractivity contribution in [3.05, 3.63) is 29.8 Å². The maximum Gasteiger partial charge on any atom is 0.239 e. The van der Waals surface area contributed by atoms with Gasteiger partial charge in [-0.05, 0) is 17.5 Å². The van der Waals surface area contributed by atoms with Crippen molar-refractivity contribution in [2.45, 2.75) is 26.3 Å². The molecule has 4 N–H and O–H groups in total. The van der Waals surface area contributed by atoms with Crippen LogP contribution in [0.5, 0.6) is 0 Å². The second-order valence-electron chi connectivity index (χ2n) is 6.19. The van der Waals surface area contributed by atoms with Gasteiger partial charge in [0.1, 0.15) is 0 Å². The molecule has 0 aliphatic carbocycles. The van der Waals surface area contributed by atoms with Crippen LogP contribution in [-0.4, -0.2) is 43.4 Å². The molecule has 0 unspecified atom stereocenters. The van der Waals surface area contributed by atoms with Crippen LogP contribution in [0.3, 0.4) is 0 Å². The molecule has 1 atom stereocenters. The largest absolute Gasteiger partial charge is 0.353 e. The maximum atomic E-state index is 12.0. The number of anilines is 1. The molecule has 0 fully saturated rings. The summed E-state index contributed by atoms with van der Waals surface area (Å²) in [6, 6.07) is 6.99. The van der Waals surface area contributed by atoms with Crippen molar-refractivity contribution in [2.75, 3.05) is 24.5 Å². The van der Waals surface area contributed by atoms with Gasteiger partial charge in [0, 0.05) is 18.8 Å². The zero-order valence-electron chi connectivity index (χ0n) is 14.5. The SMILES string of the molecule is CC(C)[C@H](N)C(=O)NCC(=O)NCCN1C(=O)Cc2ccccc21.Cl. The quantitative estimate of drug-likeness (QED) is 0.640. The summed E-state index contributed by atoms with van der Waals surface area (Å²) in [5.41, 5.74) is 7.60. The average Bonchev–Trinajstić information content (AvgIpc) is 2.87. The van der Waals surface area contributed by atoms with Crippen LogP contribution in [0.2, 0.25) is 0 Å². The number of hydrogen-bond donors (Lipinski definition) is 3. The summed E-state index contributed by atoms with van der Waals surface area (Å²) >= 11 is 0. The third-order valence-electron chi connectivity index (χ3n) is 4.03. The molecule has 3 amide bonds. The molecule has 0 saturated carbocycles. The number of nitrogens with zero attached hydrogens (tertiary/aromatic N) is 1. The number of para-hydroxylation sites is 1. The molecule has 0 radical (unpaired) electrons. The smallest absolute Gasteiger partial charge is 0.239 e. The van der Waals surface area contributed by atoms with Gasteiger partial charge < -0.3 is 21.3 Å². The summed E-state index contributed by atoms with van der Waals surface area (Å²) in [6.07, 6.45) is 0.396. The van der Waals surface area contributed by atoms with Crippen LogP contribution in [0.1, 0.15) is 19.4 Å². The van der Waals surface area contributed by atoms with Crippen molar-refractivity contribution in [3.63, 3.8) is 0 Å². The second kappa shape index (κ2) is 9.39. The number of hydrogen-bond acceptors (Lipinski definition) is 4. The van der Waals surface area contributed by atoms with E-state index >= 15 is 0 Å². The third kappa shape index (κ3) is 5.44. The highest BCUT2D eigenvalue weighted by atomic mass is 35.5. The van der Waals surface area contributed by atoms with E-state index < -0.39 is 6.04 Å². The van der Waals surface area contributed by atoms with Crippen molar-refractivity contribution in [1.82, 2.24) is 10.6 Å². The number of carbonyl (C=O) groups is 3. The molecule has 138 valence electrons. The lowest BCUT2D eigenvalue weighted by Crippen LogP contribution is -2.47. The number of fused-ring (bicyclic) bond motifs is 1. The standard InChI is InChI=1S/C17H24N4O3.ClH/c1-11(2)16(18)17(24)20-10-14(22)19-7-8-21-13-6-4-3-5-12(13)9-15(21)23;/h3-6,11,16H,7-10,18H2,1-2H3,(H,19,22)(H,20,24);1H/t16-;/m0./s1. The van der Waals surface area contributed by atoms with Gasteiger partial charge in [0.2, 0.25) is 17.7 Å². The van der Waals surface area contributed by atoms with Gasteiger partial charge >= 0.3 is 0 Å². The lowest BCUT2D eigenvalue weighted by molar-refractivity contribution is -0.127. The monoisotopic (exact) mass is 368 g/mol. The van der Waals surface area contributed by atoms with E-state index in [0.717, 1.165) is 11.3 Å². The molecule has 1 heterocycles. The Morgan fingerprint density at radius 3 is 2.60 bits per heavy atom. The molecule has 0 saturated heterocycles. The van der Waals surface area contributed by atoms with Gasteiger partial charge in [-0.1, -0.05) is 32.0 Å². The Hall–Kier alpha value is -2.12. The van der Waals surface area contributed by atoms with Crippen molar-refractivity contribution < 1.29 is 14.4 Å². The van der Waals surface area contributed by atoms with Crippen LogP contribution in [0, 0.1) is 5.92 Å². The van der Waals surface area contributed by atoms with E-state index in [-0.39, 0.29) is 42.6 Å². The van der Waals surface area contributed by atoms with Crippen molar-refractivity contribution in [3.8, 4) is 0 Å². The minimum atomic E-state index is -0.628. The molecule has 25 heavy (non-hydrogen) atoms. The molecule has 0 spiro atoms. The lowest BCUT2D eigenvalue weighted by Gasteiger charge is -2.18. The fraction of sp³-hybridized carbons (Fsp3) is 0.471. The first kappa shape index (κ1) is 20.9.